The van der Waals surface area contributed by atoms with Crippen molar-refractivity contribution >= 4 is 5.69 Å². The highest BCUT2D eigenvalue weighted by Crippen LogP contribution is 2.42. The summed E-state index contributed by atoms with van der Waals surface area (Å²) in [5, 5.41) is 3.01. The second-order valence-corrected chi connectivity index (χ2v) is 4.65. The van der Waals surface area contributed by atoms with Crippen LogP contribution in [0.25, 0.3) is 0 Å². The van der Waals surface area contributed by atoms with Gasteiger partial charge in [0.2, 0.25) is 0 Å². The van der Waals surface area contributed by atoms with Crippen LogP contribution < -0.4 is 5.32 Å². The Balaban J connectivity index is 1.97. The molecule has 0 spiro atoms. The molecule has 0 aliphatic carbocycles. The Morgan fingerprint density at radius 3 is 2.37 bits per heavy atom. The summed E-state index contributed by atoms with van der Waals surface area (Å²) in [6.07, 6.45) is -3.73. The van der Waals surface area contributed by atoms with Gasteiger partial charge in [-0.2, -0.15) is 13.2 Å². The minimum atomic E-state index is -4.32. The van der Waals surface area contributed by atoms with Crippen molar-refractivity contribution in [2.24, 2.45) is 0 Å². The van der Waals surface area contributed by atoms with Crippen molar-refractivity contribution in [2.75, 3.05) is 5.32 Å². The van der Waals surface area contributed by atoms with E-state index in [1.54, 1.807) is 6.07 Å². The first-order valence-electron chi connectivity index (χ1n) is 6.06. The molecule has 4 heteroatoms. The second-order valence-electron chi connectivity index (χ2n) is 4.65. The number of fused-ring (bicyclic) bond motifs is 1. The number of alkyl halides is 3. The summed E-state index contributed by atoms with van der Waals surface area (Å²) in [6, 6.07) is 13.8. The molecule has 1 aliphatic heterocycles. The number of hydrogen-bond donors (Lipinski definition) is 1. The first kappa shape index (κ1) is 12.1. The van der Waals surface area contributed by atoms with E-state index in [1.165, 1.54) is 6.07 Å². The van der Waals surface area contributed by atoms with Crippen molar-refractivity contribution < 1.29 is 13.2 Å². The van der Waals surface area contributed by atoms with Gasteiger partial charge >= 0.3 is 6.18 Å². The molecule has 1 heterocycles. The van der Waals surface area contributed by atoms with Gasteiger partial charge in [-0.3, -0.25) is 0 Å². The second kappa shape index (κ2) is 4.30. The summed E-state index contributed by atoms with van der Waals surface area (Å²) in [5.74, 6) is 0. The Bertz CT molecular complexity index is 590. The van der Waals surface area contributed by atoms with Crippen LogP contribution in [-0.4, -0.2) is 0 Å². The van der Waals surface area contributed by atoms with E-state index in [9.17, 15) is 13.2 Å². The van der Waals surface area contributed by atoms with Crippen molar-refractivity contribution in [1.29, 1.82) is 0 Å². The quantitative estimate of drug-likeness (QED) is 0.803. The molecule has 0 saturated carbocycles. The van der Waals surface area contributed by atoms with E-state index in [2.05, 4.69) is 5.32 Å². The van der Waals surface area contributed by atoms with Crippen molar-refractivity contribution in [3.63, 3.8) is 0 Å². The monoisotopic (exact) mass is 263 g/mol. The molecule has 98 valence electrons. The van der Waals surface area contributed by atoms with Crippen LogP contribution in [0.15, 0.2) is 48.5 Å². The molecule has 0 bridgehead atoms. The summed E-state index contributed by atoms with van der Waals surface area (Å²) in [7, 11) is 0. The zero-order valence-electron chi connectivity index (χ0n) is 10.0. The highest BCUT2D eigenvalue weighted by Gasteiger charge is 2.37. The molecule has 1 atom stereocenters. The zero-order chi connectivity index (χ0) is 13.5. The Labute approximate surface area is 109 Å². The molecule has 3 rings (SSSR count). The number of halogens is 3. The fourth-order valence-electron chi connectivity index (χ4n) is 2.51. The third kappa shape index (κ3) is 2.18. The van der Waals surface area contributed by atoms with Crippen LogP contribution >= 0.6 is 0 Å². The van der Waals surface area contributed by atoms with E-state index < -0.39 is 11.7 Å². The maximum absolute atomic E-state index is 12.9. The van der Waals surface area contributed by atoms with E-state index >= 15 is 0 Å². The largest absolute Gasteiger partial charge is 0.418 e. The Kier molecular flexibility index (Phi) is 2.73. The molecular formula is C15H12F3N. The van der Waals surface area contributed by atoms with E-state index in [1.807, 2.05) is 30.3 Å². The third-order valence-electron chi connectivity index (χ3n) is 3.40. The van der Waals surface area contributed by atoms with Crippen LogP contribution in [-0.2, 0) is 12.6 Å². The highest BCUT2D eigenvalue weighted by molar-refractivity contribution is 5.64. The van der Waals surface area contributed by atoms with E-state index in [-0.39, 0.29) is 11.7 Å². The number of para-hydroxylation sites is 1. The van der Waals surface area contributed by atoms with Gasteiger partial charge in [-0.1, -0.05) is 42.5 Å². The summed E-state index contributed by atoms with van der Waals surface area (Å²) >= 11 is 0. The van der Waals surface area contributed by atoms with Gasteiger partial charge < -0.3 is 5.32 Å². The smallest absolute Gasteiger partial charge is 0.377 e. The molecule has 19 heavy (non-hydrogen) atoms. The van der Waals surface area contributed by atoms with Gasteiger partial charge in [-0.15, -0.1) is 0 Å². The molecule has 0 amide bonds. The van der Waals surface area contributed by atoms with Gasteiger partial charge in [0.15, 0.2) is 0 Å². The molecular weight excluding hydrogens is 251 g/mol. The normalized spacial score (nSPS) is 17.9. The lowest BCUT2D eigenvalue weighted by Gasteiger charge is -2.14. The van der Waals surface area contributed by atoms with Crippen LogP contribution in [0.2, 0.25) is 0 Å². The summed E-state index contributed by atoms with van der Waals surface area (Å²) in [6.45, 7) is 0. The van der Waals surface area contributed by atoms with Gasteiger partial charge in [0.25, 0.3) is 0 Å². The average molecular weight is 263 g/mol. The maximum Gasteiger partial charge on any atom is 0.418 e. The lowest BCUT2D eigenvalue weighted by Crippen LogP contribution is -2.10. The standard InChI is InChI=1S/C15H12F3N/c16-15(17,18)12-8-4-7-11-9-13(19-14(11)12)10-5-2-1-3-6-10/h1-8,13,19H,9H2. The molecule has 1 nitrogen and oxygen atoms in total. The number of hydrogen-bond acceptors (Lipinski definition) is 1. The van der Waals surface area contributed by atoms with E-state index in [0.29, 0.717) is 6.42 Å². The van der Waals surface area contributed by atoms with Crippen molar-refractivity contribution in [3.05, 3.63) is 65.2 Å². The van der Waals surface area contributed by atoms with E-state index in [0.717, 1.165) is 17.2 Å². The Hall–Kier alpha value is -1.97. The number of anilines is 1. The molecule has 2 aromatic rings. The minimum Gasteiger partial charge on any atom is -0.377 e. The topological polar surface area (TPSA) is 12.0 Å². The predicted molar refractivity (Wildman–Crippen MR) is 68.0 cm³/mol. The zero-order valence-corrected chi connectivity index (χ0v) is 10.0. The minimum absolute atomic E-state index is 0.0836. The molecule has 0 fully saturated rings. The van der Waals surface area contributed by atoms with E-state index in [4.69, 9.17) is 0 Å². The molecule has 1 N–H and O–H groups in total. The lowest BCUT2D eigenvalue weighted by atomic mass is 10.0. The molecule has 0 radical (unpaired) electrons. The fourth-order valence-corrected chi connectivity index (χ4v) is 2.51. The highest BCUT2D eigenvalue weighted by atomic mass is 19.4. The number of nitrogens with one attached hydrogen (secondary N) is 1. The third-order valence-corrected chi connectivity index (χ3v) is 3.40. The van der Waals surface area contributed by atoms with Gasteiger partial charge in [0.1, 0.15) is 0 Å². The summed E-state index contributed by atoms with van der Waals surface area (Å²) in [4.78, 5) is 0. The first-order chi connectivity index (χ1) is 9.05. The van der Waals surface area contributed by atoms with Crippen LogP contribution in [0.5, 0.6) is 0 Å². The first-order valence-corrected chi connectivity index (χ1v) is 6.06. The maximum atomic E-state index is 12.9. The SMILES string of the molecule is FC(F)(F)c1cccc2c1NC(c1ccccc1)C2. The lowest BCUT2D eigenvalue weighted by molar-refractivity contribution is -0.136. The molecule has 0 aromatic heterocycles. The molecule has 2 aromatic carbocycles. The van der Waals surface area contributed by atoms with Crippen molar-refractivity contribution in [1.82, 2.24) is 0 Å². The van der Waals surface area contributed by atoms with Crippen molar-refractivity contribution in [2.45, 2.75) is 18.6 Å². The number of rotatable bonds is 1. The molecule has 1 aliphatic rings. The number of benzene rings is 2. The van der Waals surface area contributed by atoms with Gasteiger partial charge in [-0.25, -0.2) is 0 Å². The van der Waals surface area contributed by atoms with Gasteiger partial charge in [0, 0.05) is 0 Å². The van der Waals surface area contributed by atoms with Crippen LogP contribution in [0.3, 0.4) is 0 Å². The van der Waals surface area contributed by atoms with Crippen molar-refractivity contribution in [3.8, 4) is 0 Å². The van der Waals surface area contributed by atoms with Crippen LogP contribution in [0.4, 0.5) is 18.9 Å². The Morgan fingerprint density at radius 1 is 0.947 bits per heavy atom. The van der Waals surface area contributed by atoms with Crippen LogP contribution in [0, 0.1) is 0 Å². The average Bonchev–Trinajstić information content (AvgIpc) is 2.82. The van der Waals surface area contributed by atoms with Gasteiger partial charge in [-0.05, 0) is 23.6 Å². The summed E-state index contributed by atoms with van der Waals surface area (Å²) < 4.78 is 38.8. The molecule has 1 unspecified atom stereocenters. The molecule has 0 saturated heterocycles. The fraction of sp³-hybridized carbons (Fsp3) is 0.200. The Morgan fingerprint density at radius 2 is 1.68 bits per heavy atom. The van der Waals surface area contributed by atoms with Crippen LogP contribution in [0.1, 0.15) is 22.7 Å². The van der Waals surface area contributed by atoms with Gasteiger partial charge in [0.05, 0.1) is 17.3 Å². The predicted octanol–water partition coefficient (Wildman–Crippen LogP) is 4.41. The summed E-state index contributed by atoms with van der Waals surface area (Å²) in [5.41, 5.74) is 1.38.